The second-order valence-corrected chi connectivity index (χ2v) is 3.21. The van der Waals surface area contributed by atoms with Gasteiger partial charge >= 0.3 is 5.69 Å². The number of nitrogens with two attached hydrogens (primary N) is 1. The summed E-state index contributed by atoms with van der Waals surface area (Å²) in [6, 6.07) is 3.78. The van der Waals surface area contributed by atoms with Gasteiger partial charge in [0.1, 0.15) is 11.4 Å². The Morgan fingerprint density at radius 1 is 1.44 bits per heavy atom. The number of benzene rings is 1. The molecule has 5 N–H and O–H groups in total. The molecule has 0 unspecified atom stereocenters. The van der Waals surface area contributed by atoms with Crippen LogP contribution in [0.1, 0.15) is 0 Å². The monoisotopic (exact) mass is 227 g/mol. The van der Waals surface area contributed by atoms with Gasteiger partial charge in [-0.25, -0.2) is 0 Å². The molecule has 0 aliphatic heterocycles. The van der Waals surface area contributed by atoms with E-state index in [-0.39, 0.29) is 30.3 Å². The third-order valence-corrected chi connectivity index (χ3v) is 2.05. The molecule has 0 saturated carbocycles. The summed E-state index contributed by atoms with van der Waals surface area (Å²) in [5, 5.41) is 31.1. The van der Waals surface area contributed by atoms with E-state index in [1.165, 1.54) is 12.1 Å². The number of hydrogen-bond donors (Lipinski definition) is 4. The van der Waals surface area contributed by atoms with E-state index in [2.05, 4.69) is 5.32 Å². The normalized spacial score (nSPS) is 10.4. The van der Waals surface area contributed by atoms with Crippen LogP contribution >= 0.6 is 0 Å². The molecule has 0 heterocycles. The fourth-order valence-corrected chi connectivity index (χ4v) is 1.25. The van der Waals surface area contributed by atoms with Crippen LogP contribution in [-0.2, 0) is 0 Å². The number of para-hydroxylation sites is 1. The molecular weight excluding hydrogens is 214 g/mol. The molecule has 0 aromatic heterocycles. The minimum Gasteiger partial charge on any atom is -0.394 e. The lowest BCUT2D eigenvalue weighted by Gasteiger charge is -2.15. The molecule has 1 aromatic carbocycles. The highest BCUT2D eigenvalue weighted by Crippen LogP contribution is 2.30. The molecular formula is C9H13N3O4. The van der Waals surface area contributed by atoms with Gasteiger partial charge in [0.15, 0.2) is 0 Å². The third kappa shape index (κ3) is 2.59. The second-order valence-electron chi connectivity index (χ2n) is 3.21. The molecule has 0 atom stereocenters. The van der Waals surface area contributed by atoms with Gasteiger partial charge in [-0.2, -0.15) is 0 Å². The van der Waals surface area contributed by atoms with E-state index in [0.29, 0.717) is 0 Å². The van der Waals surface area contributed by atoms with Crippen LogP contribution in [0.5, 0.6) is 0 Å². The standard InChI is InChI=1S/C9H13N3O4/c10-7-2-1-3-8(9(7)12(15)16)11-6(4-13)5-14/h1-3,6,11,13-14H,4-5,10H2. The number of aliphatic hydroxyl groups excluding tert-OH is 2. The summed E-state index contributed by atoms with van der Waals surface area (Å²) in [5.74, 6) is 0. The van der Waals surface area contributed by atoms with Gasteiger partial charge in [-0.1, -0.05) is 6.07 Å². The lowest BCUT2D eigenvalue weighted by Crippen LogP contribution is -2.28. The van der Waals surface area contributed by atoms with Gasteiger partial charge in [-0.15, -0.1) is 0 Å². The van der Waals surface area contributed by atoms with E-state index in [4.69, 9.17) is 15.9 Å². The van der Waals surface area contributed by atoms with Crippen molar-refractivity contribution in [1.82, 2.24) is 0 Å². The number of anilines is 2. The van der Waals surface area contributed by atoms with Crippen LogP contribution in [0, 0.1) is 10.1 Å². The summed E-state index contributed by atoms with van der Waals surface area (Å²) in [6.07, 6.45) is 0. The molecule has 0 bridgehead atoms. The Morgan fingerprint density at radius 3 is 2.56 bits per heavy atom. The summed E-state index contributed by atoms with van der Waals surface area (Å²) in [5.41, 5.74) is 5.43. The van der Waals surface area contributed by atoms with Crippen LogP contribution in [0.3, 0.4) is 0 Å². The lowest BCUT2D eigenvalue weighted by atomic mass is 10.2. The van der Waals surface area contributed by atoms with E-state index >= 15 is 0 Å². The van der Waals surface area contributed by atoms with Crippen LogP contribution in [0.4, 0.5) is 17.1 Å². The number of nitrogen functional groups attached to an aromatic ring is 1. The molecule has 0 aliphatic carbocycles. The predicted octanol–water partition coefficient (Wildman–Crippen LogP) is -0.0579. The fraction of sp³-hybridized carbons (Fsp3) is 0.333. The summed E-state index contributed by atoms with van der Waals surface area (Å²) < 4.78 is 0. The molecule has 0 amide bonds. The Bertz CT molecular complexity index is 379. The number of aliphatic hydroxyl groups is 2. The van der Waals surface area contributed by atoms with Crippen molar-refractivity contribution in [2.24, 2.45) is 0 Å². The van der Waals surface area contributed by atoms with Crippen molar-refractivity contribution in [1.29, 1.82) is 0 Å². The maximum atomic E-state index is 10.8. The molecule has 1 aromatic rings. The van der Waals surface area contributed by atoms with Crippen LogP contribution in [-0.4, -0.2) is 34.4 Å². The molecule has 88 valence electrons. The van der Waals surface area contributed by atoms with Crippen molar-refractivity contribution in [3.8, 4) is 0 Å². The largest absolute Gasteiger partial charge is 0.394 e. The zero-order chi connectivity index (χ0) is 12.1. The Morgan fingerprint density at radius 2 is 2.06 bits per heavy atom. The fourth-order valence-electron chi connectivity index (χ4n) is 1.25. The summed E-state index contributed by atoms with van der Waals surface area (Å²) in [4.78, 5) is 10.2. The second kappa shape index (κ2) is 5.29. The zero-order valence-corrected chi connectivity index (χ0v) is 8.46. The minimum atomic E-state index is -0.652. The maximum absolute atomic E-state index is 10.8. The molecule has 7 nitrogen and oxygen atoms in total. The van der Waals surface area contributed by atoms with Gasteiger partial charge in [0, 0.05) is 0 Å². The SMILES string of the molecule is Nc1cccc(NC(CO)CO)c1[N+](=O)[O-]. The Kier molecular flexibility index (Phi) is 4.03. The summed E-state index contributed by atoms with van der Waals surface area (Å²) >= 11 is 0. The molecule has 16 heavy (non-hydrogen) atoms. The van der Waals surface area contributed by atoms with Crippen molar-refractivity contribution in [3.63, 3.8) is 0 Å². The maximum Gasteiger partial charge on any atom is 0.314 e. The number of nitro groups is 1. The van der Waals surface area contributed by atoms with Crippen LogP contribution in [0.25, 0.3) is 0 Å². The van der Waals surface area contributed by atoms with E-state index < -0.39 is 11.0 Å². The first kappa shape index (κ1) is 12.2. The van der Waals surface area contributed by atoms with Crippen molar-refractivity contribution < 1.29 is 15.1 Å². The molecule has 0 aliphatic rings. The van der Waals surface area contributed by atoms with Crippen molar-refractivity contribution in [2.45, 2.75) is 6.04 Å². The average Bonchev–Trinajstić information content (AvgIpc) is 2.25. The molecule has 0 radical (unpaired) electrons. The predicted molar refractivity (Wildman–Crippen MR) is 59.1 cm³/mol. The average molecular weight is 227 g/mol. The highest BCUT2D eigenvalue weighted by atomic mass is 16.6. The van der Waals surface area contributed by atoms with Gasteiger partial charge in [-0.05, 0) is 12.1 Å². The van der Waals surface area contributed by atoms with Gasteiger partial charge < -0.3 is 21.3 Å². The van der Waals surface area contributed by atoms with E-state index in [1.54, 1.807) is 6.07 Å². The Hall–Kier alpha value is -1.86. The van der Waals surface area contributed by atoms with E-state index in [9.17, 15) is 10.1 Å². The topological polar surface area (TPSA) is 122 Å². The van der Waals surface area contributed by atoms with Crippen LogP contribution in [0.2, 0.25) is 0 Å². The third-order valence-electron chi connectivity index (χ3n) is 2.05. The molecule has 7 heteroatoms. The van der Waals surface area contributed by atoms with Crippen LogP contribution < -0.4 is 11.1 Å². The van der Waals surface area contributed by atoms with Crippen molar-refractivity contribution in [3.05, 3.63) is 28.3 Å². The number of rotatable bonds is 5. The molecule has 0 spiro atoms. The van der Waals surface area contributed by atoms with Gasteiger partial charge in [-0.3, -0.25) is 10.1 Å². The van der Waals surface area contributed by atoms with E-state index in [0.717, 1.165) is 0 Å². The van der Waals surface area contributed by atoms with Crippen LogP contribution in [0.15, 0.2) is 18.2 Å². The number of hydrogen-bond acceptors (Lipinski definition) is 6. The van der Waals surface area contributed by atoms with Gasteiger partial charge in [0.25, 0.3) is 0 Å². The first-order chi connectivity index (χ1) is 7.60. The number of nitrogens with zero attached hydrogens (tertiary/aromatic N) is 1. The van der Waals surface area contributed by atoms with E-state index in [1.807, 2.05) is 0 Å². The first-order valence-corrected chi connectivity index (χ1v) is 4.61. The molecule has 0 fully saturated rings. The van der Waals surface area contributed by atoms with Crippen molar-refractivity contribution in [2.75, 3.05) is 24.3 Å². The lowest BCUT2D eigenvalue weighted by molar-refractivity contribution is -0.383. The molecule has 1 rings (SSSR count). The zero-order valence-electron chi connectivity index (χ0n) is 8.46. The summed E-state index contributed by atoms with van der Waals surface area (Å²) in [7, 11) is 0. The van der Waals surface area contributed by atoms with Crippen molar-refractivity contribution >= 4 is 17.1 Å². The number of nitro benzene ring substituents is 1. The smallest absolute Gasteiger partial charge is 0.314 e. The molecule has 0 saturated heterocycles. The quantitative estimate of drug-likeness (QED) is 0.317. The summed E-state index contributed by atoms with van der Waals surface area (Å²) in [6.45, 7) is -0.662. The van der Waals surface area contributed by atoms with Gasteiger partial charge in [0.2, 0.25) is 0 Å². The Balaban J connectivity index is 3.03. The number of nitrogens with one attached hydrogen (secondary N) is 1. The van der Waals surface area contributed by atoms with Gasteiger partial charge in [0.05, 0.1) is 24.2 Å². The first-order valence-electron chi connectivity index (χ1n) is 4.61. The minimum absolute atomic E-state index is 0.0321. The highest BCUT2D eigenvalue weighted by Gasteiger charge is 2.19. The highest BCUT2D eigenvalue weighted by molar-refractivity contribution is 5.74. The Labute approximate surface area is 91.7 Å².